The van der Waals surface area contributed by atoms with Gasteiger partial charge in [0.2, 0.25) is 0 Å². The van der Waals surface area contributed by atoms with Crippen molar-refractivity contribution in [2.24, 2.45) is 17.3 Å². The molecule has 0 amide bonds. The van der Waals surface area contributed by atoms with E-state index < -0.39 is 17.8 Å². The van der Waals surface area contributed by atoms with Crippen LogP contribution in [0, 0.1) is 17.3 Å². The zero-order valence-electron chi connectivity index (χ0n) is 19.4. The summed E-state index contributed by atoms with van der Waals surface area (Å²) in [7, 11) is 0. The molecule has 3 aliphatic carbocycles. The van der Waals surface area contributed by atoms with Crippen LogP contribution in [0.5, 0.6) is 0 Å². The van der Waals surface area contributed by atoms with Gasteiger partial charge in [0.1, 0.15) is 0 Å². The highest BCUT2D eigenvalue weighted by Gasteiger charge is 2.51. The van der Waals surface area contributed by atoms with Crippen molar-refractivity contribution in [1.82, 2.24) is 0 Å². The highest BCUT2D eigenvalue weighted by Crippen LogP contribution is 2.58. The van der Waals surface area contributed by atoms with Crippen LogP contribution in [-0.2, 0) is 4.74 Å². The molecule has 0 aromatic heterocycles. The van der Waals surface area contributed by atoms with Crippen molar-refractivity contribution in [2.45, 2.75) is 103 Å². The van der Waals surface area contributed by atoms with Crippen LogP contribution in [0.2, 0.25) is 0 Å². The van der Waals surface area contributed by atoms with Gasteiger partial charge in [0.25, 0.3) is 0 Å². The summed E-state index contributed by atoms with van der Waals surface area (Å²) in [5, 5.41) is 30.1. The minimum absolute atomic E-state index is 0.198. The molecule has 6 atom stereocenters. The molecule has 0 bridgehead atoms. The smallest absolute Gasteiger partial charge is 0.0811 e. The first-order valence-corrected chi connectivity index (χ1v) is 11.8. The van der Waals surface area contributed by atoms with Gasteiger partial charge in [-0.05, 0) is 94.1 Å². The summed E-state index contributed by atoms with van der Waals surface area (Å²) in [6.45, 7) is 13.0. The van der Waals surface area contributed by atoms with Gasteiger partial charge in [-0.25, -0.2) is 0 Å². The number of fused-ring (bicyclic) bond motifs is 1. The van der Waals surface area contributed by atoms with E-state index in [9.17, 15) is 15.3 Å². The lowest BCUT2D eigenvalue weighted by molar-refractivity contribution is -0.0454. The number of hydrogen-bond donors (Lipinski definition) is 3. The molecule has 30 heavy (non-hydrogen) atoms. The molecule has 3 rings (SSSR count). The van der Waals surface area contributed by atoms with Crippen molar-refractivity contribution in [3.63, 3.8) is 0 Å². The Labute approximate surface area is 182 Å². The molecule has 3 fully saturated rings. The van der Waals surface area contributed by atoms with Crippen LogP contribution in [0.4, 0.5) is 0 Å². The summed E-state index contributed by atoms with van der Waals surface area (Å²) >= 11 is 0. The van der Waals surface area contributed by atoms with Crippen LogP contribution < -0.4 is 0 Å². The van der Waals surface area contributed by atoms with Gasteiger partial charge in [0.15, 0.2) is 0 Å². The van der Waals surface area contributed by atoms with Gasteiger partial charge in [-0.1, -0.05) is 31.2 Å². The predicted octanol–water partition coefficient (Wildman–Crippen LogP) is 4.69. The van der Waals surface area contributed by atoms with E-state index in [2.05, 4.69) is 32.6 Å². The lowest BCUT2D eigenvalue weighted by Crippen LogP contribution is -2.39. The van der Waals surface area contributed by atoms with Gasteiger partial charge in [-0.15, -0.1) is 0 Å². The molecule has 0 saturated heterocycles. The Balaban J connectivity index is 1.70. The van der Waals surface area contributed by atoms with E-state index in [1.54, 1.807) is 0 Å². The highest BCUT2D eigenvalue weighted by atomic mass is 16.5. The van der Waals surface area contributed by atoms with Crippen molar-refractivity contribution in [3.05, 3.63) is 35.5 Å². The van der Waals surface area contributed by atoms with Gasteiger partial charge in [-0.3, -0.25) is 0 Å². The Morgan fingerprint density at radius 3 is 2.70 bits per heavy atom. The number of hydrogen-bond acceptors (Lipinski definition) is 4. The van der Waals surface area contributed by atoms with Crippen LogP contribution >= 0.6 is 0 Å². The maximum absolute atomic E-state index is 10.1. The Bertz CT molecular complexity index is 686. The molecular formula is C26H42O4. The van der Waals surface area contributed by atoms with E-state index >= 15 is 0 Å². The molecule has 0 aliphatic heterocycles. The minimum atomic E-state index is -0.680. The first-order valence-electron chi connectivity index (χ1n) is 11.8. The van der Waals surface area contributed by atoms with Crippen molar-refractivity contribution in [1.29, 1.82) is 0 Å². The molecule has 170 valence electrons. The molecular weight excluding hydrogens is 376 g/mol. The molecule has 3 aliphatic rings. The van der Waals surface area contributed by atoms with Gasteiger partial charge in [0, 0.05) is 13.0 Å². The lowest BCUT2D eigenvalue weighted by atomic mass is 9.62. The van der Waals surface area contributed by atoms with Crippen molar-refractivity contribution < 1.29 is 20.1 Å². The van der Waals surface area contributed by atoms with Crippen LogP contribution in [0.15, 0.2) is 35.5 Å². The highest BCUT2D eigenvalue weighted by molar-refractivity contribution is 5.38. The topological polar surface area (TPSA) is 69.9 Å². The van der Waals surface area contributed by atoms with E-state index in [1.165, 1.54) is 31.3 Å². The fourth-order valence-electron chi connectivity index (χ4n) is 6.13. The minimum Gasteiger partial charge on any atom is -0.393 e. The fraction of sp³-hybridized carbons (Fsp3) is 0.769. The molecule has 4 nitrogen and oxygen atoms in total. The Morgan fingerprint density at radius 1 is 1.27 bits per heavy atom. The number of aliphatic hydroxyl groups excluding tert-OH is 2. The molecule has 3 N–H and O–H groups in total. The first-order chi connectivity index (χ1) is 14.0. The van der Waals surface area contributed by atoms with Crippen LogP contribution in [0.3, 0.4) is 0 Å². The third-order valence-corrected chi connectivity index (χ3v) is 7.96. The van der Waals surface area contributed by atoms with E-state index in [4.69, 9.17) is 4.74 Å². The molecule has 0 heterocycles. The Hall–Kier alpha value is -0.940. The molecule has 0 aromatic rings. The molecule has 0 spiro atoms. The van der Waals surface area contributed by atoms with Crippen molar-refractivity contribution in [2.75, 3.05) is 6.61 Å². The second-order valence-electron chi connectivity index (χ2n) is 10.8. The van der Waals surface area contributed by atoms with Crippen molar-refractivity contribution in [3.8, 4) is 0 Å². The SMILES string of the molecule is C=C1/C(=C/C=C2\CCC[C@]3(C)[C@@H](C(C)OCCC(C)(C)O)CC[C@@H]23)C[C@@H](O)C[C@@H]1O. The monoisotopic (exact) mass is 418 g/mol. The van der Waals surface area contributed by atoms with Crippen LogP contribution in [-0.4, -0.2) is 45.8 Å². The van der Waals surface area contributed by atoms with Gasteiger partial charge in [-0.2, -0.15) is 0 Å². The summed E-state index contributed by atoms with van der Waals surface area (Å²) in [5.74, 6) is 1.11. The predicted molar refractivity (Wildman–Crippen MR) is 121 cm³/mol. The van der Waals surface area contributed by atoms with Crippen LogP contribution in [0.1, 0.15) is 79.1 Å². The normalized spacial score (nSPS) is 38.8. The third-order valence-electron chi connectivity index (χ3n) is 7.96. The number of aliphatic hydroxyl groups is 3. The second kappa shape index (κ2) is 9.28. The van der Waals surface area contributed by atoms with Gasteiger partial charge < -0.3 is 20.1 Å². The average Bonchev–Trinajstić information content (AvgIpc) is 3.00. The summed E-state index contributed by atoms with van der Waals surface area (Å²) < 4.78 is 6.19. The maximum Gasteiger partial charge on any atom is 0.0811 e. The van der Waals surface area contributed by atoms with E-state index in [-0.39, 0.29) is 11.5 Å². The van der Waals surface area contributed by atoms with E-state index in [0.29, 0.717) is 37.7 Å². The number of ether oxygens (including phenoxy) is 1. The summed E-state index contributed by atoms with van der Waals surface area (Å²) in [4.78, 5) is 0. The zero-order valence-corrected chi connectivity index (χ0v) is 19.4. The number of rotatable bonds is 6. The van der Waals surface area contributed by atoms with Gasteiger partial charge >= 0.3 is 0 Å². The van der Waals surface area contributed by atoms with Crippen LogP contribution in [0.25, 0.3) is 0 Å². The number of allylic oxidation sites excluding steroid dienone is 3. The summed E-state index contributed by atoms with van der Waals surface area (Å²) in [6.07, 6.45) is 11.0. The second-order valence-corrected chi connectivity index (χ2v) is 10.8. The van der Waals surface area contributed by atoms with E-state index in [0.717, 1.165) is 17.6 Å². The zero-order chi connectivity index (χ0) is 22.1. The molecule has 1 unspecified atom stereocenters. The van der Waals surface area contributed by atoms with Gasteiger partial charge in [0.05, 0.1) is 23.9 Å². The lowest BCUT2D eigenvalue weighted by Gasteiger charge is -2.44. The fourth-order valence-corrected chi connectivity index (χ4v) is 6.13. The molecule has 3 saturated carbocycles. The standard InChI is InChI=1S/C26H42O4/c1-17-20(15-21(27)16-24(17)28)9-8-19-7-6-12-26(5)22(10-11-23(19)26)18(2)30-14-13-25(3,4)29/h8-9,18,21-24,27-29H,1,6-7,10-16H2,2-5H3/b19-8+,20-9+/t18?,21-,22-,23+,24+,26-/m1/s1. The molecule has 0 radical (unpaired) electrons. The summed E-state index contributed by atoms with van der Waals surface area (Å²) in [6, 6.07) is 0. The average molecular weight is 419 g/mol. The largest absolute Gasteiger partial charge is 0.393 e. The molecule has 0 aromatic carbocycles. The maximum atomic E-state index is 10.1. The summed E-state index contributed by atoms with van der Waals surface area (Å²) in [5.41, 5.74) is 2.82. The first kappa shape index (κ1) is 23.7. The quantitative estimate of drug-likeness (QED) is 0.585. The Morgan fingerprint density at radius 2 is 2.00 bits per heavy atom. The third kappa shape index (κ3) is 5.27. The Kier molecular flexibility index (Phi) is 7.33. The molecule has 4 heteroatoms. The van der Waals surface area contributed by atoms with E-state index in [1.807, 2.05) is 13.8 Å². The van der Waals surface area contributed by atoms with Crippen molar-refractivity contribution >= 4 is 0 Å².